The molecule has 4 nitrogen and oxygen atoms in total. The summed E-state index contributed by atoms with van der Waals surface area (Å²) in [5.74, 6) is 0.848. The number of likely N-dealkylation sites (N-methyl/N-ethyl adjacent to an activating group) is 1. The highest BCUT2D eigenvalue weighted by atomic mass is 79.9. The summed E-state index contributed by atoms with van der Waals surface area (Å²) in [7, 11) is 1.99. The molecule has 0 bridgehead atoms. The molecular formula is C19H24BrN2O2+. The Morgan fingerprint density at radius 3 is 2.71 bits per heavy atom. The molecule has 5 heteroatoms. The number of quaternary nitrogens is 1. The van der Waals surface area contributed by atoms with Crippen LogP contribution < -0.4 is 15.0 Å². The van der Waals surface area contributed by atoms with Crippen LogP contribution in [0.4, 0.5) is 5.69 Å². The number of anilines is 1. The van der Waals surface area contributed by atoms with E-state index in [0.717, 1.165) is 32.9 Å². The molecule has 0 saturated carbocycles. The Hall–Kier alpha value is -1.85. The molecule has 0 spiro atoms. The first kappa shape index (κ1) is 18.5. The van der Waals surface area contributed by atoms with Crippen LogP contribution in [0.1, 0.15) is 11.1 Å². The van der Waals surface area contributed by atoms with Crippen molar-refractivity contribution in [2.45, 2.75) is 13.8 Å². The molecule has 0 aliphatic heterocycles. The van der Waals surface area contributed by atoms with E-state index in [4.69, 9.17) is 4.74 Å². The number of amides is 1. The molecule has 2 rings (SSSR count). The van der Waals surface area contributed by atoms with E-state index in [1.807, 2.05) is 63.4 Å². The number of carbonyl (C=O) groups excluding carboxylic acids is 1. The molecule has 0 fully saturated rings. The molecule has 0 radical (unpaired) electrons. The molecule has 0 aromatic heterocycles. The Morgan fingerprint density at radius 1 is 1.21 bits per heavy atom. The van der Waals surface area contributed by atoms with Gasteiger partial charge in [-0.05, 0) is 49.2 Å². The molecule has 24 heavy (non-hydrogen) atoms. The summed E-state index contributed by atoms with van der Waals surface area (Å²) >= 11 is 3.42. The van der Waals surface area contributed by atoms with Crippen molar-refractivity contribution in [3.05, 3.63) is 58.1 Å². The number of ether oxygens (including phenoxy) is 1. The summed E-state index contributed by atoms with van der Waals surface area (Å²) in [5, 5.41) is 2.99. The van der Waals surface area contributed by atoms with Crippen molar-refractivity contribution in [3.63, 3.8) is 0 Å². The maximum absolute atomic E-state index is 12.2. The predicted octanol–water partition coefficient (Wildman–Crippen LogP) is 2.60. The first-order valence-electron chi connectivity index (χ1n) is 8.01. The number of halogens is 1. The van der Waals surface area contributed by atoms with Crippen LogP contribution in [0.25, 0.3) is 0 Å². The summed E-state index contributed by atoms with van der Waals surface area (Å²) in [6.45, 7) is 5.80. The fourth-order valence-electron chi connectivity index (χ4n) is 2.34. The van der Waals surface area contributed by atoms with Crippen molar-refractivity contribution in [3.8, 4) is 5.75 Å². The average Bonchev–Trinajstić information content (AvgIpc) is 2.52. The van der Waals surface area contributed by atoms with Gasteiger partial charge in [-0.2, -0.15) is 0 Å². The Bertz CT molecular complexity index is 704. The lowest BCUT2D eigenvalue weighted by Crippen LogP contribution is -3.10. The maximum Gasteiger partial charge on any atom is 0.279 e. The van der Waals surface area contributed by atoms with Crippen molar-refractivity contribution in [1.29, 1.82) is 0 Å². The summed E-state index contributed by atoms with van der Waals surface area (Å²) in [6, 6.07) is 13.7. The number of hydrogen-bond acceptors (Lipinski definition) is 2. The fraction of sp³-hybridized carbons (Fsp3) is 0.316. The van der Waals surface area contributed by atoms with Gasteiger partial charge in [0, 0.05) is 10.2 Å². The Kier molecular flexibility index (Phi) is 6.82. The van der Waals surface area contributed by atoms with Gasteiger partial charge in [0.1, 0.15) is 18.9 Å². The van der Waals surface area contributed by atoms with E-state index in [-0.39, 0.29) is 5.91 Å². The third-order valence-corrected chi connectivity index (χ3v) is 4.43. The molecule has 0 aliphatic rings. The van der Waals surface area contributed by atoms with Gasteiger partial charge in [0.25, 0.3) is 5.91 Å². The highest BCUT2D eigenvalue weighted by molar-refractivity contribution is 9.10. The quantitative estimate of drug-likeness (QED) is 0.761. The molecule has 0 saturated heterocycles. The van der Waals surface area contributed by atoms with E-state index in [1.165, 1.54) is 5.56 Å². The van der Waals surface area contributed by atoms with Gasteiger partial charge in [0.05, 0.1) is 7.05 Å². The second kappa shape index (κ2) is 8.85. The summed E-state index contributed by atoms with van der Waals surface area (Å²) in [4.78, 5) is 13.3. The largest absolute Gasteiger partial charge is 0.488 e. The van der Waals surface area contributed by atoms with Crippen molar-refractivity contribution < 1.29 is 14.4 Å². The van der Waals surface area contributed by atoms with Crippen LogP contribution in [0.5, 0.6) is 5.75 Å². The summed E-state index contributed by atoms with van der Waals surface area (Å²) in [5.41, 5.74) is 3.18. The highest BCUT2D eigenvalue weighted by Crippen LogP contribution is 2.18. The molecular weight excluding hydrogens is 368 g/mol. The second-order valence-corrected chi connectivity index (χ2v) is 6.90. The first-order chi connectivity index (χ1) is 11.5. The summed E-state index contributed by atoms with van der Waals surface area (Å²) in [6.07, 6.45) is 0. The topological polar surface area (TPSA) is 42.8 Å². The van der Waals surface area contributed by atoms with E-state index >= 15 is 0 Å². The van der Waals surface area contributed by atoms with Crippen molar-refractivity contribution >= 4 is 27.5 Å². The molecule has 0 heterocycles. The van der Waals surface area contributed by atoms with E-state index in [0.29, 0.717) is 13.2 Å². The zero-order valence-electron chi connectivity index (χ0n) is 14.4. The monoisotopic (exact) mass is 391 g/mol. The van der Waals surface area contributed by atoms with Crippen molar-refractivity contribution in [1.82, 2.24) is 0 Å². The van der Waals surface area contributed by atoms with Gasteiger partial charge in [-0.15, -0.1) is 0 Å². The Labute approximate surface area is 151 Å². The minimum Gasteiger partial charge on any atom is -0.488 e. The van der Waals surface area contributed by atoms with Crippen LogP contribution in [0, 0.1) is 13.8 Å². The molecule has 1 atom stereocenters. The van der Waals surface area contributed by atoms with Gasteiger partial charge in [0.2, 0.25) is 0 Å². The second-order valence-electron chi connectivity index (χ2n) is 5.99. The minimum atomic E-state index is 0.0173. The highest BCUT2D eigenvalue weighted by Gasteiger charge is 2.12. The number of nitrogens with one attached hydrogen (secondary N) is 2. The van der Waals surface area contributed by atoms with Crippen molar-refractivity contribution in [2.75, 3.05) is 32.1 Å². The van der Waals surface area contributed by atoms with Gasteiger partial charge < -0.3 is 15.0 Å². The maximum atomic E-state index is 12.2. The number of benzene rings is 2. The van der Waals surface area contributed by atoms with Gasteiger partial charge >= 0.3 is 0 Å². The third-order valence-electron chi connectivity index (χ3n) is 3.93. The standard InChI is InChI=1S/C19H23BrN2O2/c1-14-6-4-9-18(15(14)2)21-19(23)13-22(3)10-11-24-17-8-5-7-16(20)12-17/h4-9,12H,10-11,13H2,1-3H3,(H,21,23)/p+1. The normalized spacial score (nSPS) is 11.8. The lowest BCUT2D eigenvalue weighted by Gasteiger charge is -2.15. The van der Waals surface area contributed by atoms with Crippen LogP contribution in [0.15, 0.2) is 46.9 Å². The van der Waals surface area contributed by atoms with E-state index in [9.17, 15) is 4.79 Å². The van der Waals surface area contributed by atoms with Crippen LogP contribution in [0.3, 0.4) is 0 Å². The fourth-order valence-corrected chi connectivity index (χ4v) is 2.72. The lowest BCUT2D eigenvalue weighted by molar-refractivity contribution is -0.871. The van der Waals surface area contributed by atoms with Crippen LogP contribution in [-0.4, -0.2) is 32.7 Å². The number of aryl methyl sites for hydroxylation is 1. The molecule has 128 valence electrons. The van der Waals surface area contributed by atoms with E-state index in [1.54, 1.807) is 0 Å². The minimum absolute atomic E-state index is 0.0173. The lowest BCUT2D eigenvalue weighted by atomic mass is 10.1. The number of carbonyl (C=O) groups is 1. The SMILES string of the molecule is Cc1cccc(NC(=O)C[NH+](C)CCOc2cccc(Br)c2)c1C. The molecule has 2 aromatic carbocycles. The van der Waals surface area contributed by atoms with Crippen LogP contribution >= 0.6 is 15.9 Å². The smallest absolute Gasteiger partial charge is 0.279 e. The molecule has 1 amide bonds. The van der Waals surface area contributed by atoms with E-state index < -0.39 is 0 Å². The van der Waals surface area contributed by atoms with Crippen molar-refractivity contribution in [2.24, 2.45) is 0 Å². The van der Waals surface area contributed by atoms with Gasteiger partial charge in [-0.25, -0.2) is 0 Å². The molecule has 1 unspecified atom stereocenters. The average molecular weight is 392 g/mol. The zero-order valence-corrected chi connectivity index (χ0v) is 15.9. The molecule has 0 aliphatic carbocycles. The van der Waals surface area contributed by atoms with Crippen LogP contribution in [0.2, 0.25) is 0 Å². The Balaban J connectivity index is 1.76. The number of rotatable bonds is 7. The van der Waals surface area contributed by atoms with Gasteiger partial charge in [-0.1, -0.05) is 34.1 Å². The predicted molar refractivity (Wildman–Crippen MR) is 101 cm³/mol. The van der Waals surface area contributed by atoms with Crippen LogP contribution in [-0.2, 0) is 4.79 Å². The zero-order chi connectivity index (χ0) is 17.5. The van der Waals surface area contributed by atoms with Gasteiger partial charge in [0.15, 0.2) is 6.54 Å². The first-order valence-corrected chi connectivity index (χ1v) is 8.80. The third kappa shape index (κ3) is 5.65. The van der Waals surface area contributed by atoms with E-state index in [2.05, 4.69) is 21.2 Å². The van der Waals surface area contributed by atoms with Gasteiger partial charge in [-0.3, -0.25) is 4.79 Å². The molecule has 2 aromatic rings. The summed E-state index contributed by atoms with van der Waals surface area (Å²) < 4.78 is 6.70. The Morgan fingerprint density at radius 2 is 1.96 bits per heavy atom. The molecule has 2 N–H and O–H groups in total. The number of hydrogen-bond donors (Lipinski definition) is 2.